The van der Waals surface area contributed by atoms with E-state index in [2.05, 4.69) is 0 Å². The first-order valence-corrected chi connectivity index (χ1v) is 7.48. The van der Waals surface area contributed by atoms with E-state index >= 15 is 0 Å². The number of nitro groups is 1. The van der Waals surface area contributed by atoms with Crippen LogP contribution in [0.15, 0.2) is 18.2 Å². The summed E-state index contributed by atoms with van der Waals surface area (Å²) in [6.07, 6.45) is 0. The molecule has 9 heteroatoms. The van der Waals surface area contributed by atoms with Crippen molar-refractivity contribution in [3.05, 3.63) is 58.4 Å². The zero-order valence-electron chi connectivity index (χ0n) is 9.76. The number of hydrogen-bond donors (Lipinski definition) is 0. The average molecular weight is 406 g/mol. The summed E-state index contributed by atoms with van der Waals surface area (Å²) in [7, 11) is 0. The summed E-state index contributed by atoms with van der Waals surface area (Å²) >= 11 is 36.2. The van der Waals surface area contributed by atoms with Gasteiger partial charge in [0.2, 0.25) is 0 Å². The number of nitrogens with zero attached hydrogens (tertiary/aromatic N) is 1. The van der Waals surface area contributed by atoms with Crippen LogP contribution in [0.1, 0.15) is 0 Å². The van der Waals surface area contributed by atoms with Crippen molar-refractivity contribution in [3.63, 3.8) is 0 Å². The quantitative estimate of drug-likeness (QED) is 0.230. The fraction of sp³-hybridized carbons (Fsp3) is 0. The molecule has 2 rings (SSSR count). The number of hydrogen-bond acceptors (Lipinski definition) is 2. The summed E-state index contributed by atoms with van der Waals surface area (Å²) in [4.78, 5) is 10.3. The molecule has 3 nitrogen and oxygen atoms in total. The zero-order valence-corrected chi connectivity index (χ0v) is 14.3. The fourth-order valence-electron chi connectivity index (χ4n) is 1.70. The Morgan fingerprint density at radius 2 is 1.24 bits per heavy atom. The highest BCUT2D eigenvalue weighted by atomic mass is 35.5. The first-order chi connectivity index (χ1) is 9.77. The maximum atomic E-state index is 10.9. The van der Waals surface area contributed by atoms with Crippen LogP contribution < -0.4 is 0 Å². The summed E-state index contributed by atoms with van der Waals surface area (Å²) in [5.74, 6) is 0. The van der Waals surface area contributed by atoms with E-state index < -0.39 is 4.92 Å². The first-order valence-electron chi connectivity index (χ1n) is 5.22. The molecule has 0 aliphatic carbocycles. The van der Waals surface area contributed by atoms with Crippen LogP contribution in [0.3, 0.4) is 0 Å². The van der Waals surface area contributed by atoms with E-state index in [1.165, 1.54) is 18.2 Å². The molecule has 0 spiro atoms. The lowest BCUT2D eigenvalue weighted by Gasteiger charge is -2.13. The van der Waals surface area contributed by atoms with E-state index in [0.717, 1.165) is 0 Å². The number of halogens is 6. The van der Waals surface area contributed by atoms with Crippen LogP contribution in [0.4, 0.5) is 5.69 Å². The van der Waals surface area contributed by atoms with Crippen molar-refractivity contribution < 1.29 is 4.92 Å². The summed E-state index contributed by atoms with van der Waals surface area (Å²) in [6.45, 7) is 0. The molecule has 0 fully saturated rings. The second kappa shape index (κ2) is 6.37. The minimum Gasteiger partial charge on any atom is -0.258 e. The van der Waals surface area contributed by atoms with Gasteiger partial charge in [-0.3, -0.25) is 10.1 Å². The molecule has 0 amide bonds. The van der Waals surface area contributed by atoms with E-state index in [-0.39, 0.29) is 47.0 Å². The standard InChI is InChI=1S/C12H3Cl6NO2/c13-7-4(2-1-3-5(7)19(20)21)6-8(14)10(16)12(18)11(17)9(6)15/h1-3H. The molecular weight excluding hydrogens is 403 g/mol. The lowest BCUT2D eigenvalue weighted by atomic mass is 10.0. The van der Waals surface area contributed by atoms with Crippen molar-refractivity contribution in [2.24, 2.45) is 0 Å². The second-order valence-corrected chi connectivity index (χ2v) is 6.11. The van der Waals surface area contributed by atoms with Gasteiger partial charge in [-0.05, 0) is 0 Å². The highest BCUT2D eigenvalue weighted by molar-refractivity contribution is 6.56. The Balaban J connectivity index is 2.86. The molecule has 0 aliphatic rings. The predicted octanol–water partition coefficient (Wildman–Crippen LogP) is 7.18. The SMILES string of the molecule is O=[N+]([O-])c1cccc(-c2c(Cl)c(Cl)c(Cl)c(Cl)c2Cl)c1Cl. The molecular formula is C12H3Cl6NO2. The van der Waals surface area contributed by atoms with Gasteiger partial charge in [-0.15, -0.1) is 0 Å². The zero-order chi connectivity index (χ0) is 15.9. The molecule has 0 unspecified atom stereocenters. The minimum atomic E-state index is -0.618. The van der Waals surface area contributed by atoms with E-state index in [1.54, 1.807) is 0 Å². The molecule has 0 atom stereocenters. The smallest absolute Gasteiger partial charge is 0.258 e. The normalized spacial score (nSPS) is 10.8. The highest BCUT2D eigenvalue weighted by Gasteiger charge is 2.24. The van der Waals surface area contributed by atoms with Crippen molar-refractivity contribution in [1.82, 2.24) is 0 Å². The Morgan fingerprint density at radius 3 is 1.71 bits per heavy atom. The van der Waals surface area contributed by atoms with E-state index in [9.17, 15) is 10.1 Å². The van der Waals surface area contributed by atoms with Crippen LogP contribution in [0.25, 0.3) is 11.1 Å². The Labute approximate surface area is 149 Å². The van der Waals surface area contributed by atoms with Crippen LogP contribution in [-0.2, 0) is 0 Å². The molecule has 0 aliphatic heterocycles. The molecule has 0 N–H and O–H groups in total. The Kier molecular flexibility index (Phi) is 5.14. The molecule has 2 aromatic carbocycles. The van der Waals surface area contributed by atoms with Gasteiger partial charge in [0.1, 0.15) is 5.02 Å². The summed E-state index contributed by atoms with van der Waals surface area (Å²) in [5.41, 5.74) is 0.135. The Bertz CT molecular complexity index is 733. The summed E-state index contributed by atoms with van der Waals surface area (Å²) < 4.78 is 0. The largest absolute Gasteiger partial charge is 0.288 e. The molecule has 0 saturated carbocycles. The third-order valence-corrected chi connectivity index (χ3v) is 5.33. The van der Waals surface area contributed by atoms with E-state index in [1.807, 2.05) is 0 Å². The molecule has 0 saturated heterocycles. The molecule has 21 heavy (non-hydrogen) atoms. The van der Waals surface area contributed by atoms with Crippen molar-refractivity contribution >= 4 is 75.3 Å². The van der Waals surface area contributed by atoms with Gasteiger partial charge in [-0.1, -0.05) is 81.7 Å². The van der Waals surface area contributed by atoms with Crippen LogP contribution in [0, 0.1) is 10.1 Å². The van der Waals surface area contributed by atoms with Crippen molar-refractivity contribution in [2.45, 2.75) is 0 Å². The molecule has 0 aromatic heterocycles. The van der Waals surface area contributed by atoms with Gasteiger partial charge in [-0.25, -0.2) is 0 Å². The maximum Gasteiger partial charge on any atom is 0.288 e. The van der Waals surface area contributed by atoms with Gasteiger partial charge in [0.05, 0.1) is 30.0 Å². The average Bonchev–Trinajstić information content (AvgIpc) is 2.44. The lowest BCUT2D eigenvalue weighted by Crippen LogP contribution is -1.93. The number of nitro benzene ring substituents is 1. The lowest BCUT2D eigenvalue weighted by molar-refractivity contribution is -0.384. The van der Waals surface area contributed by atoms with Gasteiger partial charge in [0.15, 0.2) is 0 Å². The van der Waals surface area contributed by atoms with Crippen LogP contribution >= 0.6 is 69.6 Å². The van der Waals surface area contributed by atoms with E-state index in [4.69, 9.17) is 69.6 Å². The van der Waals surface area contributed by atoms with Crippen LogP contribution in [-0.4, -0.2) is 4.92 Å². The molecule has 2 aromatic rings. The van der Waals surface area contributed by atoms with Crippen LogP contribution in [0.5, 0.6) is 0 Å². The maximum absolute atomic E-state index is 10.9. The molecule has 0 bridgehead atoms. The third kappa shape index (κ3) is 2.91. The van der Waals surface area contributed by atoms with Gasteiger partial charge in [0, 0.05) is 17.2 Å². The first kappa shape index (κ1) is 16.9. The number of rotatable bonds is 2. The fourth-order valence-corrected chi connectivity index (χ4v) is 3.33. The second-order valence-electron chi connectivity index (χ2n) is 3.84. The Morgan fingerprint density at radius 1 is 0.762 bits per heavy atom. The van der Waals surface area contributed by atoms with Crippen molar-refractivity contribution in [2.75, 3.05) is 0 Å². The minimum absolute atomic E-state index is 0.00126. The van der Waals surface area contributed by atoms with Gasteiger partial charge in [0.25, 0.3) is 5.69 Å². The third-order valence-electron chi connectivity index (χ3n) is 2.65. The van der Waals surface area contributed by atoms with Crippen molar-refractivity contribution in [3.8, 4) is 11.1 Å². The molecule has 110 valence electrons. The van der Waals surface area contributed by atoms with Gasteiger partial charge >= 0.3 is 0 Å². The Hall–Kier alpha value is -0.420. The van der Waals surface area contributed by atoms with Crippen molar-refractivity contribution in [1.29, 1.82) is 0 Å². The van der Waals surface area contributed by atoms with Gasteiger partial charge < -0.3 is 0 Å². The van der Waals surface area contributed by atoms with Crippen LogP contribution in [0.2, 0.25) is 30.1 Å². The summed E-state index contributed by atoms with van der Waals surface area (Å²) in [5, 5.41) is 10.8. The predicted molar refractivity (Wildman–Crippen MR) is 88.6 cm³/mol. The van der Waals surface area contributed by atoms with Gasteiger partial charge in [-0.2, -0.15) is 0 Å². The molecule has 0 radical (unpaired) electrons. The summed E-state index contributed by atoms with van der Waals surface area (Å²) in [6, 6.07) is 4.22. The number of benzene rings is 2. The highest BCUT2D eigenvalue weighted by Crippen LogP contribution is 2.50. The van der Waals surface area contributed by atoms with E-state index in [0.29, 0.717) is 0 Å². The monoisotopic (exact) mass is 403 g/mol. The topological polar surface area (TPSA) is 43.1 Å². The molecule has 0 heterocycles.